The molecule has 0 saturated carbocycles. The smallest absolute Gasteiger partial charge is 0.748 e. The number of hydrogen-bond donors (Lipinski definition) is 1. The zero-order chi connectivity index (χ0) is 16.1. The maximum absolute atomic E-state index is 10.7. The third-order valence-electron chi connectivity index (χ3n) is 4.11. The van der Waals surface area contributed by atoms with Gasteiger partial charge >= 0.3 is 51.4 Å². The van der Waals surface area contributed by atoms with E-state index in [9.17, 15) is 18.1 Å². The molecule has 0 rings (SSSR count). The summed E-state index contributed by atoms with van der Waals surface area (Å²) in [6.07, 6.45) is 12.4. The third-order valence-corrected chi connectivity index (χ3v) is 5.33. The van der Waals surface area contributed by atoms with Gasteiger partial charge in [0, 0.05) is 5.25 Å². The van der Waals surface area contributed by atoms with Crippen LogP contribution in [0.1, 0.15) is 90.9 Å². The molecule has 0 fully saturated rings. The van der Waals surface area contributed by atoms with Gasteiger partial charge in [0.05, 0.1) is 16.2 Å². The molecule has 128 valence electrons. The van der Waals surface area contributed by atoms with E-state index < -0.39 is 15.4 Å². The molecule has 0 aromatic rings. The molecular formula is C16H33KO4S. The van der Waals surface area contributed by atoms with Crippen molar-refractivity contribution in [3.05, 3.63) is 0 Å². The molecule has 0 radical (unpaired) electrons. The molecule has 0 aliphatic carbocycles. The fraction of sp³-hybridized carbons (Fsp3) is 1.00. The van der Waals surface area contributed by atoms with Gasteiger partial charge < -0.3 is 9.66 Å². The summed E-state index contributed by atoms with van der Waals surface area (Å²) < 4.78 is 32.1. The van der Waals surface area contributed by atoms with Gasteiger partial charge in [0.25, 0.3) is 0 Å². The minimum atomic E-state index is -4.09. The Morgan fingerprint density at radius 2 is 1.23 bits per heavy atom. The monoisotopic (exact) mass is 360 g/mol. The molecule has 0 aromatic carbocycles. The molecule has 0 spiro atoms. The standard InChI is InChI=1S/C16H34O4S.K/c1-3-16(17)14-12-10-8-6-4-5-7-9-11-13-15(2)21(18,19)20;/h15-17H,3-14H2,1-2H3,(H,18,19,20);/q;+1/p-1. The van der Waals surface area contributed by atoms with E-state index in [0.29, 0.717) is 6.42 Å². The Kier molecular flexibility index (Phi) is 18.7. The molecule has 0 aliphatic rings. The van der Waals surface area contributed by atoms with E-state index >= 15 is 0 Å². The van der Waals surface area contributed by atoms with Gasteiger partial charge in [-0.1, -0.05) is 64.7 Å². The molecule has 2 atom stereocenters. The molecule has 0 aromatic heterocycles. The van der Waals surface area contributed by atoms with Gasteiger partial charge in [0.1, 0.15) is 0 Å². The molecule has 0 aliphatic heterocycles. The Morgan fingerprint density at radius 3 is 1.59 bits per heavy atom. The second-order valence-electron chi connectivity index (χ2n) is 6.12. The largest absolute Gasteiger partial charge is 1.00 e. The van der Waals surface area contributed by atoms with Crippen molar-refractivity contribution in [2.75, 3.05) is 0 Å². The molecule has 0 bridgehead atoms. The Hall–Kier alpha value is 1.51. The molecule has 0 saturated heterocycles. The average molecular weight is 361 g/mol. The first-order valence-corrected chi connectivity index (χ1v) is 9.97. The number of hydrogen-bond acceptors (Lipinski definition) is 4. The summed E-state index contributed by atoms with van der Waals surface area (Å²) in [7, 11) is -4.09. The van der Waals surface area contributed by atoms with Crippen molar-refractivity contribution in [1.29, 1.82) is 0 Å². The predicted octanol–water partition coefficient (Wildman–Crippen LogP) is 0.986. The number of aliphatic hydroxyl groups excluding tert-OH is 1. The Balaban J connectivity index is 0. The van der Waals surface area contributed by atoms with Crippen LogP contribution < -0.4 is 51.4 Å². The maximum atomic E-state index is 10.7. The second kappa shape index (κ2) is 16.0. The fourth-order valence-electron chi connectivity index (χ4n) is 2.40. The van der Waals surface area contributed by atoms with Crippen molar-refractivity contribution < 1.29 is 69.5 Å². The zero-order valence-electron chi connectivity index (χ0n) is 14.7. The van der Waals surface area contributed by atoms with E-state index in [0.717, 1.165) is 38.5 Å². The first-order valence-electron chi connectivity index (χ1n) is 8.50. The topological polar surface area (TPSA) is 77.4 Å². The van der Waals surface area contributed by atoms with Crippen LogP contribution in [-0.2, 0) is 10.1 Å². The second-order valence-corrected chi connectivity index (χ2v) is 7.92. The van der Waals surface area contributed by atoms with Crippen LogP contribution in [0.4, 0.5) is 0 Å². The summed E-state index contributed by atoms with van der Waals surface area (Å²) in [5.41, 5.74) is 0. The normalized spacial score (nSPS) is 14.4. The summed E-state index contributed by atoms with van der Waals surface area (Å²) in [5, 5.41) is 8.67. The van der Waals surface area contributed by atoms with E-state index in [4.69, 9.17) is 0 Å². The van der Waals surface area contributed by atoms with Crippen LogP contribution in [0, 0.1) is 0 Å². The maximum Gasteiger partial charge on any atom is 1.00 e. The first-order chi connectivity index (χ1) is 9.88. The molecule has 4 nitrogen and oxygen atoms in total. The minimum Gasteiger partial charge on any atom is -0.748 e. The number of aliphatic hydroxyl groups is 1. The van der Waals surface area contributed by atoms with Crippen LogP contribution in [0.5, 0.6) is 0 Å². The van der Waals surface area contributed by atoms with E-state index in [1.807, 2.05) is 6.92 Å². The molecule has 6 heteroatoms. The predicted molar refractivity (Wildman–Crippen MR) is 86.2 cm³/mol. The SMILES string of the molecule is CCC(O)CCCCCCCCCCCC(C)S(=O)(=O)[O-].[K+]. The van der Waals surface area contributed by atoms with E-state index in [-0.39, 0.29) is 57.5 Å². The van der Waals surface area contributed by atoms with Crippen LogP contribution >= 0.6 is 0 Å². The Labute approximate surface area is 180 Å². The van der Waals surface area contributed by atoms with Crippen molar-refractivity contribution in [2.45, 2.75) is 102 Å². The van der Waals surface area contributed by atoms with Gasteiger partial charge in [-0.3, -0.25) is 0 Å². The number of unbranched alkanes of at least 4 members (excludes halogenated alkanes) is 8. The molecule has 1 N–H and O–H groups in total. The average Bonchev–Trinajstić information content (AvgIpc) is 2.43. The molecule has 0 heterocycles. The van der Waals surface area contributed by atoms with Gasteiger partial charge in [-0.25, -0.2) is 8.42 Å². The summed E-state index contributed by atoms with van der Waals surface area (Å²) in [6.45, 7) is 3.51. The summed E-state index contributed by atoms with van der Waals surface area (Å²) in [4.78, 5) is 0. The summed E-state index contributed by atoms with van der Waals surface area (Å²) >= 11 is 0. The molecule has 0 amide bonds. The van der Waals surface area contributed by atoms with Gasteiger partial charge in [-0.15, -0.1) is 0 Å². The Morgan fingerprint density at radius 1 is 0.864 bits per heavy atom. The van der Waals surface area contributed by atoms with Crippen LogP contribution in [-0.4, -0.2) is 29.4 Å². The van der Waals surface area contributed by atoms with Crippen LogP contribution in [0.15, 0.2) is 0 Å². The number of rotatable bonds is 14. The van der Waals surface area contributed by atoms with Crippen molar-refractivity contribution in [3.63, 3.8) is 0 Å². The van der Waals surface area contributed by atoms with Crippen molar-refractivity contribution in [2.24, 2.45) is 0 Å². The Bertz CT molecular complexity index is 333. The fourth-order valence-corrected chi connectivity index (χ4v) is 2.85. The molecule has 22 heavy (non-hydrogen) atoms. The van der Waals surface area contributed by atoms with Gasteiger partial charge in [-0.05, 0) is 26.2 Å². The summed E-state index contributed by atoms with van der Waals surface area (Å²) in [5.74, 6) is 0. The quantitative estimate of drug-likeness (QED) is 0.285. The van der Waals surface area contributed by atoms with E-state index in [1.165, 1.54) is 39.0 Å². The minimum absolute atomic E-state index is 0. The van der Waals surface area contributed by atoms with Crippen molar-refractivity contribution >= 4 is 10.1 Å². The molecule has 2 unspecified atom stereocenters. The van der Waals surface area contributed by atoms with Gasteiger partial charge in [0.15, 0.2) is 0 Å². The van der Waals surface area contributed by atoms with Crippen LogP contribution in [0.25, 0.3) is 0 Å². The van der Waals surface area contributed by atoms with Crippen LogP contribution in [0.3, 0.4) is 0 Å². The van der Waals surface area contributed by atoms with Crippen molar-refractivity contribution in [3.8, 4) is 0 Å². The first kappa shape index (κ1) is 25.7. The van der Waals surface area contributed by atoms with Gasteiger partial charge in [-0.2, -0.15) is 0 Å². The summed E-state index contributed by atoms with van der Waals surface area (Å²) in [6, 6.07) is 0. The van der Waals surface area contributed by atoms with Crippen LogP contribution in [0.2, 0.25) is 0 Å². The molecular weight excluding hydrogens is 327 g/mol. The van der Waals surface area contributed by atoms with Crippen molar-refractivity contribution in [1.82, 2.24) is 0 Å². The van der Waals surface area contributed by atoms with Gasteiger partial charge in [0.2, 0.25) is 0 Å². The van der Waals surface area contributed by atoms with E-state index in [2.05, 4.69) is 0 Å². The zero-order valence-corrected chi connectivity index (χ0v) is 18.7. The van der Waals surface area contributed by atoms with E-state index in [1.54, 1.807) is 0 Å². The third kappa shape index (κ3) is 16.4.